The first-order valence-corrected chi connectivity index (χ1v) is 7.22. The van der Waals surface area contributed by atoms with Gasteiger partial charge in [-0.15, -0.1) is 0 Å². The predicted molar refractivity (Wildman–Crippen MR) is 71.7 cm³/mol. The molecule has 0 saturated carbocycles. The number of hydrogen-bond donors (Lipinski definition) is 0. The summed E-state index contributed by atoms with van der Waals surface area (Å²) in [7, 11) is 0. The highest BCUT2D eigenvalue weighted by molar-refractivity contribution is 5.36. The van der Waals surface area contributed by atoms with E-state index in [2.05, 4.69) is 5.10 Å². The molecule has 4 nitrogen and oxygen atoms in total. The third kappa shape index (κ3) is 2.47. The van der Waals surface area contributed by atoms with Gasteiger partial charge in [0.05, 0.1) is 6.61 Å². The maximum atomic E-state index is 14.0. The van der Waals surface area contributed by atoms with Crippen LogP contribution in [0.2, 0.25) is 0 Å². The van der Waals surface area contributed by atoms with Crippen molar-refractivity contribution in [1.29, 1.82) is 0 Å². The second-order valence-corrected chi connectivity index (χ2v) is 6.70. The highest BCUT2D eigenvalue weighted by Gasteiger charge is 2.39. The molecule has 1 aromatic carbocycles. The summed E-state index contributed by atoms with van der Waals surface area (Å²) in [6.45, 7) is 6.26. The van der Waals surface area contributed by atoms with E-state index in [1.54, 1.807) is 4.57 Å². The fourth-order valence-electron chi connectivity index (χ4n) is 2.66. The van der Waals surface area contributed by atoms with Crippen LogP contribution in [0.15, 0.2) is 6.33 Å². The SMILES string of the molecule is CC(C)(C)[C@H]1COCc2nn(-c3c(F)c(F)c(F)c(F)c3F)c[n+]21. The number of rotatable bonds is 1. The maximum Gasteiger partial charge on any atom is 0.304 e. The number of nitrogens with zero attached hydrogens (tertiary/aromatic N) is 3. The van der Waals surface area contributed by atoms with E-state index in [0.717, 1.165) is 0 Å². The van der Waals surface area contributed by atoms with Gasteiger partial charge in [-0.1, -0.05) is 25.5 Å². The molecule has 130 valence electrons. The Labute approximate surface area is 134 Å². The van der Waals surface area contributed by atoms with Gasteiger partial charge in [0, 0.05) is 5.10 Å². The largest absolute Gasteiger partial charge is 0.367 e. The van der Waals surface area contributed by atoms with Gasteiger partial charge in [-0.3, -0.25) is 0 Å². The summed E-state index contributed by atoms with van der Waals surface area (Å²) in [5, 5.41) is 3.94. The van der Waals surface area contributed by atoms with Crippen molar-refractivity contribution in [3.05, 3.63) is 41.2 Å². The topological polar surface area (TPSA) is 30.9 Å². The van der Waals surface area contributed by atoms with Crippen LogP contribution in [0.25, 0.3) is 5.69 Å². The Morgan fingerprint density at radius 3 is 2.12 bits per heavy atom. The zero-order valence-corrected chi connectivity index (χ0v) is 13.2. The second-order valence-electron chi connectivity index (χ2n) is 6.70. The van der Waals surface area contributed by atoms with E-state index < -0.39 is 34.8 Å². The smallest absolute Gasteiger partial charge is 0.304 e. The predicted octanol–water partition coefficient (Wildman–Crippen LogP) is 2.97. The molecular formula is C15H15F5N3O+. The van der Waals surface area contributed by atoms with Crippen molar-refractivity contribution < 1.29 is 31.3 Å². The third-order valence-corrected chi connectivity index (χ3v) is 4.01. The number of aromatic nitrogens is 3. The van der Waals surface area contributed by atoms with Crippen molar-refractivity contribution in [2.75, 3.05) is 6.61 Å². The molecule has 1 aromatic heterocycles. The van der Waals surface area contributed by atoms with E-state index in [4.69, 9.17) is 4.74 Å². The minimum Gasteiger partial charge on any atom is -0.367 e. The van der Waals surface area contributed by atoms with Gasteiger partial charge in [0.25, 0.3) is 0 Å². The average Bonchev–Trinajstić information content (AvgIpc) is 2.93. The Morgan fingerprint density at radius 1 is 1.04 bits per heavy atom. The second kappa shape index (κ2) is 5.51. The Kier molecular flexibility index (Phi) is 3.86. The molecular weight excluding hydrogens is 333 g/mol. The van der Waals surface area contributed by atoms with Gasteiger partial charge in [0.15, 0.2) is 0 Å². The standard InChI is InChI=1S/C15H15F5N3O/c1-15(2,3)7-4-24-5-8-21-23(6-22(7)8)14-12(19)10(17)9(16)11(18)13(14)20/h6-7H,4-5H2,1-3H3/q+1/t7-/m1/s1. The molecule has 0 N–H and O–H groups in total. The minimum absolute atomic E-state index is 0.0784. The van der Waals surface area contributed by atoms with Gasteiger partial charge in [-0.25, -0.2) is 17.7 Å². The van der Waals surface area contributed by atoms with Crippen LogP contribution in [-0.4, -0.2) is 16.4 Å². The molecule has 9 heteroatoms. The zero-order chi connectivity index (χ0) is 17.8. The van der Waals surface area contributed by atoms with Crippen LogP contribution in [0.4, 0.5) is 22.0 Å². The van der Waals surface area contributed by atoms with E-state index in [0.29, 0.717) is 17.1 Å². The van der Waals surface area contributed by atoms with E-state index in [-0.39, 0.29) is 18.1 Å². The molecule has 0 bridgehead atoms. The molecule has 0 amide bonds. The summed E-state index contributed by atoms with van der Waals surface area (Å²) < 4.78 is 75.6. The van der Waals surface area contributed by atoms with Crippen molar-refractivity contribution in [1.82, 2.24) is 9.78 Å². The Morgan fingerprint density at radius 2 is 1.58 bits per heavy atom. The summed E-state index contributed by atoms with van der Waals surface area (Å²) >= 11 is 0. The Hall–Kier alpha value is -2.03. The number of hydrogen-bond acceptors (Lipinski definition) is 2. The van der Waals surface area contributed by atoms with E-state index in [1.165, 1.54) is 6.33 Å². The number of halogens is 5. The summed E-state index contributed by atoms with van der Waals surface area (Å²) in [6.07, 6.45) is 1.23. The van der Waals surface area contributed by atoms with Crippen molar-refractivity contribution in [2.45, 2.75) is 33.4 Å². The molecule has 0 unspecified atom stereocenters. The summed E-state index contributed by atoms with van der Waals surface area (Å²) in [4.78, 5) is 0. The molecule has 2 aromatic rings. The van der Waals surface area contributed by atoms with Crippen LogP contribution >= 0.6 is 0 Å². The van der Waals surface area contributed by atoms with Gasteiger partial charge in [0.1, 0.15) is 12.6 Å². The molecule has 1 aliphatic rings. The van der Waals surface area contributed by atoms with Crippen LogP contribution in [0, 0.1) is 34.5 Å². The zero-order valence-electron chi connectivity index (χ0n) is 13.2. The lowest BCUT2D eigenvalue weighted by Crippen LogP contribution is -2.53. The Bertz CT molecular complexity index is 783. The normalized spacial score (nSPS) is 17.9. The fraction of sp³-hybridized carbons (Fsp3) is 0.467. The first kappa shape index (κ1) is 16.8. The van der Waals surface area contributed by atoms with Crippen LogP contribution in [0.3, 0.4) is 0 Å². The highest BCUT2D eigenvalue weighted by Crippen LogP contribution is 2.30. The highest BCUT2D eigenvalue weighted by atomic mass is 19.2. The van der Waals surface area contributed by atoms with Crippen LogP contribution in [0.1, 0.15) is 32.6 Å². The Balaban J connectivity index is 2.19. The van der Waals surface area contributed by atoms with Crippen molar-refractivity contribution >= 4 is 0 Å². The molecule has 24 heavy (non-hydrogen) atoms. The molecule has 0 radical (unpaired) electrons. The quantitative estimate of drug-likeness (QED) is 0.343. The molecule has 0 aliphatic carbocycles. The molecule has 1 atom stereocenters. The van der Waals surface area contributed by atoms with Crippen LogP contribution in [-0.2, 0) is 11.3 Å². The van der Waals surface area contributed by atoms with E-state index in [9.17, 15) is 22.0 Å². The van der Waals surface area contributed by atoms with Crippen LogP contribution in [0.5, 0.6) is 0 Å². The first-order valence-electron chi connectivity index (χ1n) is 7.22. The molecule has 0 spiro atoms. The maximum absolute atomic E-state index is 14.0. The van der Waals surface area contributed by atoms with Crippen molar-refractivity contribution in [3.63, 3.8) is 0 Å². The summed E-state index contributed by atoms with van der Waals surface area (Å²) in [5.74, 6) is -9.74. The lowest BCUT2D eigenvalue weighted by molar-refractivity contribution is -0.755. The third-order valence-electron chi connectivity index (χ3n) is 4.01. The molecule has 3 rings (SSSR count). The van der Waals surface area contributed by atoms with E-state index in [1.807, 2.05) is 20.8 Å². The fourth-order valence-corrected chi connectivity index (χ4v) is 2.66. The average molecular weight is 348 g/mol. The van der Waals surface area contributed by atoms with Gasteiger partial charge < -0.3 is 4.74 Å². The van der Waals surface area contributed by atoms with Gasteiger partial charge >= 0.3 is 5.82 Å². The monoisotopic (exact) mass is 348 g/mol. The molecule has 1 aliphatic heterocycles. The molecule has 2 heterocycles. The summed E-state index contributed by atoms with van der Waals surface area (Å²) in [6, 6.07) is -0.198. The number of fused-ring (bicyclic) bond motifs is 1. The number of ether oxygens (including phenoxy) is 1. The van der Waals surface area contributed by atoms with Gasteiger partial charge in [-0.2, -0.15) is 8.78 Å². The van der Waals surface area contributed by atoms with Crippen LogP contribution < -0.4 is 4.57 Å². The molecule has 0 fully saturated rings. The first-order chi connectivity index (χ1) is 11.1. The van der Waals surface area contributed by atoms with Gasteiger partial charge in [-0.05, 0) is 5.41 Å². The van der Waals surface area contributed by atoms with Gasteiger partial charge in [0.2, 0.25) is 41.1 Å². The lowest BCUT2D eigenvalue weighted by atomic mass is 9.86. The minimum atomic E-state index is -2.20. The summed E-state index contributed by atoms with van der Waals surface area (Å²) in [5.41, 5.74) is -1.37. The van der Waals surface area contributed by atoms with Crippen molar-refractivity contribution in [3.8, 4) is 5.69 Å². The van der Waals surface area contributed by atoms with Crippen molar-refractivity contribution in [2.24, 2.45) is 5.41 Å². The van der Waals surface area contributed by atoms with E-state index >= 15 is 0 Å². The lowest BCUT2D eigenvalue weighted by Gasteiger charge is -2.31. The number of benzene rings is 1. The molecule has 0 saturated heterocycles.